The zero-order valence-corrected chi connectivity index (χ0v) is 13.8. The summed E-state index contributed by atoms with van der Waals surface area (Å²) in [5, 5.41) is 1.82. The van der Waals surface area contributed by atoms with E-state index in [0.29, 0.717) is 0 Å². The third-order valence-corrected chi connectivity index (χ3v) is 4.57. The van der Waals surface area contributed by atoms with Crippen molar-refractivity contribution < 1.29 is 0 Å². The summed E-state index contributed by atoms with van der Waals surface area (Å²) in [5.41, 5.74) is 4.03. The molecule has 0 unspecified atom stereocenters. The molecule has 4 rings (SSSR count). The highest BCUT2D eigenvalue weighted by Gasteiger charge is 2.14. The Bertz CT molecular complexity index is 1060. The molecule has 0 saturated carbocycles. The fourth-order valence-corrected chi connectivity index (χ4v) is 3.37. The maximum absolute atomic E-state index is 12.8. The molecule has 2 heterocycles. The molecule has 0 fully saturated rings. The lowest BCUT2D eigenvalue weighted by Crippen LogP contribution is -2.05. The highest BCUT2D eigenvalue weighted by atomic mass is 16.1. The Morgan fingerprint density at radius 3 is 2.54 bits per heavy atom. The van der Waals surface area contributed by atoms with Gasteiger partial charge in [-0.15, -0.1) is 0 Å². The van der Waals surface area contributed by atoms with Gasteiger partial charge in [0, 0.05) is 18.0 Å². The third kappa shape index (κ3) is 2.33. The Hall–Kier alpha value is -2.81. The summed E-state index contributed by atoms with van der Waals surface area (Å²) < 4.78 is 2.25. The Morgan fingerprint density at radius 2 is 1.75 bits per heavy atom. The van der Waals surface area contributed by atoms with Crippen LogP contribution in [-0.2, 0) is 6.54 Å². The molecule has 0 bridgehead atoms. The maximum Gasteiger partial charge on any atom is 0.192 e. The van der Waals surface area contributed by atoms with Gasteiger partial charge in [-0.3, -0.25) is 4.79 Å². The number of aromatic amines is 1. The number of aryl methyl sites for hydroxylation is 1. The SMILES string of the molecule is CCCCn1c2ccccc2c2c(=O)cc(-c3ccccc3)[nH]c21. The van der Waals surface area contributed by atoms with E-state index in [1.807, 2.05) is 48.5 Å². The summed E-state index contributed by atoms with van der Waals surface area (Å²) >= 11 is 0. The Labute approximate surface area is 140 Å². The van der Waals surface area contributed by atoms with Crippen molar-refractivity contribution in [2.45, 2.75) is 26.3 Å². The third-order valence-electron chi connectivity index (χ3n) is 4.57. The number of benzene rings is 2. The first-order valence-corrected chi connectivity index (χ1v) is 8.49. The molecule has 0 aliphatic carbocycles. The molecule has 120 valence electrons. The summed E-state index contributed by atoms with van der Waals surface area (Å²) in [6.45, 7) is 3.10. The van der Waals surface area contributed by atoms with Crippen molar-refractivity contribution >= 4 is 21.9 Å². The van der Waals surface area contributed by atoms with Crippen LogP contribution in [-0.4, -0.2) is 9.55 Å². The number of aromatic nitrogens is 2. The number of rotatable bonds is 4. The van der Waals surface area contributed by atoms with Gasteiger partial charge in [-0.2, -0.15) is 0 Å². The number of para-hydroxylation sites is 1. The first-order valence-electron chi connectivity index (χ1n) is 8.49. The molecule has 3 nitrogen and oxygen atoms in total. The van der Waals surface area contributed by atoms with Gasteiger partial charge >= 0.3 is 0 Å². The van der Waals surface area contributed by atoms with Crippen molar-refractivity contribution in [1.82, 2.24) is 9.55 Å². The van der Waals surface area contributed by atoms with Gasteiger partial charge in [-0.1, -0.05) is 61.9 Å². The molecule has 3 heteroatoms. The minimum Gasteiger partial charge on any atom is -0.340 e. The van der Waals surface area contributed by atoms with Crippen LogP contribution in [0.4, 0.5) is 0 Å². The fraction of sp³-hybridized carbons (Fsp3) is 0.190. The van der Waals surface area contributed by atoms with E-state index in [0.717, 1.165) is 52.6 Å². The molecule has 0 spiro atoms. The van der Waals surface area contributed by atoms with Crippen LogP contribution in [0.25, 0.3) is 33.2 Å². The van der Waals surface area contributed by atoms with E-state index in [-0.39, 0.29) is 5.43 Å². The first-order chi connectivity index (χ1) is 11.8. The monoisotopic (exact) mass is 316 g/mol. The molecule has 0 radical (unpaired) electrons. The van der Waals surface area contributed by atoms with Crippen molar-refractivity contribution in [1.29, 1.82) is 0 Å². The number of nitrogens with one attached hydrogen (secondary N) is 1. The van der Waals surface area contributed by atoms with Gasteiger partial charge in [0.2, 0.25) is 0 Å². The zero-order valence-electron chi connectivity index (χ0n) is 13.8. The summed E-state index contributed by atoms with van der Waals surface area (Å²) in [6, 6.07) is 19.9. The van der Waals surface area contributed by atoms with Crippen LogP contribution in [0, 0.1) is 0 Å². The number of unbranched alkanes of at least 4 members (excludes halogenated alkanes) is 1. The Kier molecular flexibility index (Phi) is 3.69. The van der Waals surface area contributed by atoms with Crippen LogP contribution in [0.3, 0.4) is 0 Å². The van der Waals surface area contributed by atoms with Crippen LogP contribution in [0.5, 0.6) is 0 Å². The van der Waals surface area contributed by atoms with E-state index in [2.05, 4.69) is 22.5 Å². The number of H-pyrrole nitrogens is 1. The number of fused-ring (bicyclic) bond motifs is 3. The lowest BCUT2D eigenvalue weighted by atomic mass is 10.1. The smallest absolute Gasteiger partial charge is 0.192 e. The molecule has 0 aliphatic heterocycles. The summed E-state index contributed by atoms with van der Waals surface area (Å²) in [7, 11) is 0. The van der Waals surface area contributed by atoms with Crippen molar-refractivity contribution in [2.75, 3.05) is 0 Å². The van der Waals surface area contributed by atoms with Gasteiger partial charge in [0.1, 0.15) is 5.65 Å². The second-order valence-corrected chi connectivity index (χ2v) is 6.16. The van der Waals surface area contributed by atoms with Gasteiger partial charge in [-0.25, -0.2) is 0 Å². The topological polar surface area (TPSA) is 37.8 Å². The molecule has 2 aromatic carbocycles. The second kappa shape index (κ2) is 6.00. The predicted molar refractivity (Wildman–Crippen MR) is 100 cm³/mol. The largest absolute Gasteiger partial charge is 0.340 e. The van der Waals surface area contributed by atoms with Gasteiger partial charge in [0.25, 0.3) is 0 Å². The van der Waals surface area contributed by atoms with Crippen molar-refractivity contribution in [3.8, 4) is 11.3 Å². The quantitative estimate of drug-likeness (QED) is 0.568. The van der Waals surface area contributed by atoms with E-state index in [9.17, 15) is 4.79 Å². The molecular formula is C21H20N2O. The normalized spacial score (nSPS) is 11.4. The molecule has 2 aromatic heterocycles. The van der Waals surface area contributed by atoms with Crippen LogP contribution < -0.4 is 5.43 Å². The number of hydrogen-bond donors (Lipinski definition) is 1. The Balaban J connectivity index is 2.06. The average molecular weight is 316 g/mol. The number of hydrogen-bond acceptors (Lipinski definition) is 1. The molecule has 0 amide bonds. The number of pyridine rings is 1. The standard InChI is InChI=1S/C21H20N2O/c1-2-3-13-23-18-12-8-7-11-16(18)20-19(24)14-17(22-21(20)23)15-9-5-4-6-10-15/h4-12,14H,2-3,13H2,1H3,(H,22,24). The van der Waals surface area contributed by atoms with Crippen LogP contribution in [0.2, 0.25) is 0 Å². The molecule has 0 saturated heterocycles. The van der Waals surface area contributed by atoms with Gasteiger partial charge in [0.05, 0.1) is 16.6 Å². The first kappa shape index (κ1) is 14.8. The van der Waals surface area contributed by atoms with E-state index < -0.39 is 0 Å². The molecule has 4 aromatic rings. The van der Waals surface area contributed by atoms with Gasteiger partial charge in [-0.05, 0) is 18.1 Å². The van der Waals surface area contributed by atoms with E-state index in [1.165, 1.54) is 0 Å². The highest BCUT2D eigenvalue weighted by molar-refractivity contribution is 6.07. The van der Waals surface area contributed by atoms with Gasteiger partial charge in [0.15, 0.2) is 5.43 Å². The molecule has 0 atom stereocenters. The average Bonchev–Trinajstić information content (AvgIpc) is 2.95. The second-order valence-electron chi connectivity index (χ2n) is 6.16. The number of nitrogens with zero attached hydrogens (tertiary/aromatic N) is 1. The molecule has 1 N–H and O–H groups in total. The zero-order chi connectivity index (χ0) is 16.5. The fourth-order valence-electron chi connectivity index (χ4n) is 3.37. The molecular weight excluding hydrogens is 296 g/mol. The van der Waals surface area contributed by atoms with Crippen LogP contribution in [0.15, 0.2) is 65.5 Å². The van der Waals surface area contributed by atoms with Crippen molar-refractivity contribution in [3.05, 3.63) is 70.9 Å². The van der Waals surface area contributed by atoms with E-state index in [1.54, 1.807) is 6.07 Å². The lowest BCUT2D eigenvalue weighted by molar-refractivity contribution is 0.661. The van der Waals surface area contributed by atoms with E-state index in [4.69, 9.17) is 0 Å². The van der Waals surface area contributed by atoms with E-state index >= 15 is 0 Å². The van der Waals surface area contributed by atoms with Crippen molar-refractivity contribution in [2.24, 2.45) is 0 Å². The predicted octanol–water partition coefficient (Wildman–Crippen LogP) is 4.95. The van der Waals surface area contributed by atoms with Crippen LogP contribution in [0.1, 0.15) is 19.8 Å². The lowest BCUT2D eigenvalue weighted by Gasteiger charge is -2.08. The van der Waals surface area contributed by atoms with Crippen LogP contribution >= 0.6 is 0 Å². The van der Waals surface area contributed by atoms with Crippen molar-refractivity contribution in [3.63, 3.8) is 0 Å². The van der Waals surface area contributed by atoms with Gasteiger partial charge < -0.3 is 9.55 Å². The summed E-state index contributed by atoms with van der Waals surface area (Å²) in [6.07, 6.45) is 2.21. The minimum absolute atomic E-state index is 0.0778. The Morgan fingerprint density at radius 1 is 1.00 bits per heavy atom. The maximum atomic E-state index is 12.8. The summed E-state index contributed by atoms with van der Waals surface area (Å²) in [4.78, 5) is 16.4. The molecule has 0 aliphatic rings. The summed E-state index contributed by atoms with van der Waals surface area (Å²) in [5.74, 6) is 0. The minimum atomic E-state index is 0.0778. The molecule has 24 heavy (non-hydrogen) atoms. The highest BCUT2D eigenvalue weighted by Crippen LogP contribution is 2.28.